The number of nitrogens with zero attached hydrogens (tertiary/aromatic N) is 1. The Morgan fingerprint density at radius 1 is 1.14 bits per heavy atom. The molecule has 0 bridgehead atoms. The lowest BCUT2D eigenvalue weighted by Crippen LogP contribution is -2.31. The summed E-state index contributed by atoms with van der Waals surface area (Å²) in [6.07, 6.45) is 1.05. The molecule has 3 rings (SSSR count). The van der Waals surface area contributed by atoms with Crippen LogP contribution in [0.2, 0.25) is 5.02 Å². The molecule has 2 aromatic rings. The number of anilines is 2. The number of carbonyl (C=O) groups is 2. The van der Waals surface area contributed by atoms with Crippen LogP contribution in [0.1, 0.15) is 33.6 Å². The molecule has 0 atom stereocenters. The van der Waals surface area contributed by atoms with Crippen molar-refractivity contribution in [3.8, 4) is 0 Å². The summed E-state index contributed by atoms with van der Waals surface area (Å²) >= 11 is 5.99. The van der Waals surface area contributed by atoms with Crippen LogP contribution >= 0.6 is 11.6 Å². The molecule has 2 N–H and O–H groups in total. The third-order valence-electron chi connectivity index (χ3n) is 3.74. The molecule has 112 valence electrons. The minimum absolute atomic E-state index is 0.0186. The van der Waals surface area contributed by atoms with Crippen molar-refractivity contribution in [2.45, 2.75) is 12.8 Å². The van der Waals surface area contributed by atoms with Gasteiger partial charge in [-0.2, -0.15) is 0 Å². The fraction of sp³-hybridized carbons (Fsp3) is 0.176. The highest BCUT2D eigenvalue weighted by Gasteiger charge is 2.26. The van der Waals surface area contributed by atoms with Crippen molar-refractivity contribution in [2.24, 2.45) is 0 Å². The molecule has 0 aliphatic carbocycles. The highest BCUT2D eigenvalue weighted by atomic mass is 35.5. The molecule has 0 saturated heterocycles. The van der Waals surface area contributed by atoms with Crippen LogP contribution < -0.4 is 10.6 Å². The SMILES string of the molecule is Nc1ccc(C(=O)N2CCCC(=O)c3cc(Cl)ccc32)cc1. The number of nitrogens with two attached hydrogens (primary N) is 1. The van der Waals surface area contributed by atoms with Crippen LogP contribution in [-0.2, 0) is 0 Å². The van der Waals surface area contributed by atoms with E-state index in [-0.39, 0.29) is 11.7 Å². The maximum Gasteiger partial charge on any atom is 0.258 e. The van der Waals surface area contributed by atoms with E-state index in [0.29, 0.717) is 46.9 Å². The Hall–Kier alpha value is -2.33. The van der Waals surface area contributed by atoms with Gasteiger partial charge in [0.2, 0.25) is 0 Å². The lowest BCUT2D eigenvalue weighted by Gasteiger charge is -2.22. The summed E-state index contributed by atoms with van der Waals surface area (Å²) < 4.78 is 0. The molecular weight excluding hydrogens is 300 g/mol. The van der Waals surface area contributed by atoms with Gasteiger partial charge in [0.15, 0.2) is 5.78 Å². The van der Waals surface area contributed by atoms with E-state index in [1.54, 1.807) is 47.4 Å². The number of ketones is 1. The Balaban J connectivity index is 2.03. The van der Waals surface area contributed by atoms with Crippen LogP contribution in [0.25, 0.3) is 0 Å². The Bertz CT molecular complexity index is 741. The van der Waals surface area contributed by atoms with Crippen molar-refractivity contribution < 1.29 is 9.59 Å². The number of hydrogen-bond donors (Lipinski definition) is 1. The second-order valence-corrected chi connectivity index (χ2v) is 5.70. The number of amides is 1. The predicted molar refractivity (Wildman–Crippen MR) is 87.5 cm³/mol. The predicted octanol–water partition coefficient (Wildman–Crippen LogP) is 3.55. The monoisotopic (exact) mass is 314 g/mol. The first kappa shape index (κ1) is 14.6. The summed E-state index contributed by atoms with van der Waals surface area (Å²) in [6.45, 7) is 0.504. The molecule has 0 aromatic heterocycles. The van der Waals surface area contributed by atoms with E-state index in [2.05, 4.69) is 0 Å². The molecule has 22 heavy (non-hydrogen) atoms. The first-order valence-electron chi connectivity index (χ1n) is 7.06. The third-order valence-corrected chi connectivity index (χ3v) is 3.97. The van der Waals surface area contributed by atoms with Gasteiger partial charge >= 0.3 is 0 Å². The molecule has 5 heteroatoms. The molecule has 1 aliphatic heterocycles. The quantitative estimate of drug-likeness (QED) is 0.819. The Morgan fingerprint density at radius 2 is 1.86 bits per heavy atom. The third kappa shape index (κ3) is 2.70. The topological polar surface area (TPSA) is 63.4 Å². The van der Waals surface area contributed by atoms with Crippen molar-refractivity contribution in [1.82, 2.24) is 0 Å². The summed E-state index contributed by atoms with van der Waals surface area (Å²) in [7, 11) is 0. The molecule has 1 amide bonds. The molecule has 0 fully saturated rings. The van der Waals surface area contributed by atoms with Crippen LogP contribution in [0.15, 0.2) is 42.5 Å². The van der Waals surface area contributed by atoms with Crippen molar-refractivity contribution >= 4 is 34.7 Å². The van der Waals surface area contributed by atoms with Gasteiger partial charge in [-0.1, -0.05) is 11.6 Å². The molecule has 0 spiro atoms. The molecule has 1 heterocycles. The number of fused-ring (bicyclic) bond motifs is 1. The van der Waals surface area contributed by atoms with Gasteiger partial charge in [0.1, 0.15) is 0 Å². The number of carbonyl (C=O) groups excluding carboxylic acids is 2. The average Bonchev–Trinajstić information content (AvgIpc) is 2.67. The Labute approximate surface area is 133 Å². The second kappa shape index (κ2) is 5.81. The number of nitrogen functional groups attached to an aromatic ring is 1. The van der Waals surface area contributed by atoms with Gasteiger partial charge in [-0.3, -0.25) is 9.59 Å². The summed E-state index contributed by atoms with van der Waals surface area (Å²) in [5.74, 6) is -0.122. The molecule has 1 aliphatic rings. The summed E-state index contributed by atoms with van der Waals surface area (Å²) in [5.41, 5.74) is 7.94. The minimum Gasteiger partial charge on any atom is -0.399 e. The lowest BCUT2D eigenvalue weighted by atomic mass is 10.1. The lowest BCUT2D eigenvalue weighted by molar-refractivity contribution is 0.0974. The van der Waals surface area contributed by atoms with E-state index in [4.69, 9.17) is 17.3 Å². The highest BCUT2D eigenvalue weighted by molar-refractivity contribution is 6.31. The van der Waals surface area contributed by atoms with Crippen LogP contribution in [-0.4, -0.2) is 18.2 Å². The van der Waals surface area contributed by atoms with Gasteiger partial charge in [-0.05, 0) is 48.9 Å². The zero-order valence-electron chi connectivity index (χ0n) is 11.9. The molecule has 0 saturated carbocycles. The average molecular weight is 315 g/mol. The number of rotatable bonds is 1. The smallest absolute Gasteiger partial charge is 0.258 e. The van der Waals surface area contributed by atoms with Gasteiger partial charge in [0.05, 0.1) is 5.69 Å². The van der Waals surface area contributed by atoms with Gasteiger partial charge in [-0.15, -0.1) is 0 Å². The van der Waals surface area contributed by atoms with E-state index in [0.717, 1.165) is 0 Å². The molecule has 0 radical (unpaired) electrons. The van der Waals surface area contributed by atoms with E-state index in [9.17, 15) is 9.59 Å². The van der Waals surface area contributed by atoms with Gasteiger partial charge in [0.25, 0.3) is 5.91 Å². The Morgan fingerprint density at radius 3 is 2.59 bits per heavy atom. The standard InChI is InChI=1S/C17H15ClN2O2/c18-12-5-8-15-14(10-12)16(21)2-1-9-20(15)17(22)11-3-6-13(19)7-4-11/h3-8,10H,1-2,9,19H2. The first-order chi connectivity index (χ1) is 10.6. The molecule has 0 unspecified atom stereocenters. The maximum absolute atomic E-state index is 12.8. The minimum atomic E-state index is -0.140. The molecule has 2 aromatic carbocycles. The van der Waals surface area contributed by atoms with E-state index >= 15 is 0 Å². The fourth-order valence-corrected chi connectivity index (χ4v) is 2.78. The number of Topliss-reactive ketones (excluding diaryl/α,β-unsaturated/α-hetero) is 1. The Kier molecular flexibility index (Phi) is 3.86. The highest BCUT2D eigenvalue weighted by Crippen LogP contribution is 2.30. The van der Waals surface area contributed by atoms with Crippen LogP contribution in [0.3, 0.4) is 0 Å². The van der Waals surface area contributed by atoms with Gasteiger partial charge in [0, 0.05) is 34.8 Å². The van der Waals surface area contributed by atoms with E-state index in [1.165, 1.54) is 0 Å². The van der Waals surface area contributed by atoms with Crippen LogP contribution in [0, 0.1) is 0 Å². The number of benzene rings is 2. The largest absolute Gasteiger partial charge is 0.399 e. The normalized spacial score (nSPS) is 14.4. The van der Waals surface area contributed by atoms with Crippen molar-refractivity contribution in [3.63, 3.8) is 0 Å². The molecular formula is C17H15ClN2O2. The number of halogens is 1. The first-order valence-corrected chi connectivity index (χ1v) is 7.44. The summed E-state index contributed by atoms with van der Waals surface area (Å²) in [6, 6.07) is 11.8. The molecule has 4 nitrogen and oxygen atoms in total. The summed E-state index contributed by atoms with van der Waals surface area (Å²) in [4.78, 5) is 26.6. The summed E-state index contributed by atoms with van der Waals surface area (Å²) in [5, 5.41) is 0.494. The van der Waals surface area contributed by atoms with Crippen molar-refractivity contribution in [3.05, 3.63) is 58.6 Å². The zero-order chi connectivity index (χ0) is 15.7. The fourth-order valence-electron chi connectivity index (χ4n) is 2.61. The zero-order valence-corrected chi connectivity index (χ0v) is 12.6. The van der Waals surface area contributed by atoms with Crippen molar-refractivity contribution in [2.75, 3.05) is 17.2 Å². The van der Waals surface area contributed by atoms with Crippen LogP contribution in [0.5, 0.6) is 0 Å². The van der Waals surface area contributed by atoms with Gasteiger partial charge < -0.3 is 10.6 Å². The number of hydrogen-bond acceptors (Lipinski definition) is 3. The van der Waals surface area contributed by atoms with Crippen molar-refractivity contribution in [1.29, 1.82) is 0 Å². The van der Waals surface area contributed by atoms with Crippen LogP contribution in [0.4, 0.5) is 11.4 Å². The maximum atomic E-state index is 12.8. The van der Waals surface area contributed by atoms with Gasteiger partial charge in [-0.25, -0.2) is 0 Å². The van der Waals surface area contributed by atoms with E-state index in [1.807, 2.05) is 0 Å². The van der Waals surface area contributed by atoms with E-state index < -0.39 is 0 Å². The second-order valence-electron chi connectivity index (χ2n) is 5.27.